The Labute approximate surface area is 155 Å². The molecule has 2 aliphatic heterocycles. The van der Waals surface area contributed by atoms with Crippen molar-refractivity contribution in [3.63, 3.8) is 0 Å². The van der Waals surface area contributed by atoms with Gasteiger partial charge in [0.2, 0.25) is 12.6 Å². The van der Waals surface area contributed by atoms with Gasteiger partial charge in [-0.1, -0.05) is 45.9 Å². The van der Waals surface area contributed by atoms with E-state index < -0.39 is 18.5 Å². The van der Waals surface area contributed by atoms with E-state index in [1.807, 2.05) is 6.08 Å². The zero-order chi connectivity index (χ0) is 19.1. The number of hydrogen-bond acceptors (Lipinski definition) is 5. The van der Waals surface area contributed by atoms with Crippen molar-refractivity contribution in [2.24, 2.45) is 22.7 Å². The average Bonchev–Trinajstić information content (AvgIpc) is 2.71. The number of rotatable bonds is 4. The number of fused-ring (bicyclic) bond motifs is 2. The van der Waals surface area contributed by atoms with E-state index in [-0.39, 0.29) is 29.6 Å². The molecule has 3 fully saturated rings. The Morgan fingerprint density at radius 2 is 2.04 bits per heavy atom. The Balaban J connectivity index is 1.88. The van der Waals surface area contributed by atoms with Crippen LogP contribution in [0.25, 0.3) is 0 Å². The molecule has 5 heteroatoms. The van der Waals surface area contributed by atoms with Gasteiger partial charge in [-0.15, -0.1) is 0 Å². The summed E-state index contributed by atoms with van der Waals surface area (Å²) < 4.78 is 16.4. The second kappa shape index (κ2) is 6.84. The van der Waals surface area contributed by atoms with Gasteiger partial charge in [-0.05, 0) is 35.7 Å². The van der Waals surface area contributed by atoms with Gasteiger partial charge in [-0.3, -0.25) is 9.59 Å². The van der Waals surface area contributed by atoms with E-state index in [4.69, 9.17) is 14.2 Å². The molecule has 0 aromatic carbocycles. The van der Waals surface area contributed by atoms with Crippen LogP contribution in [0.1, 0.15) is 59.8 Å². The molecular formula is C21H30O5. The minimum absolute atomic E-state index is 0.0725. The number of hydrogen-bond donors (Lipinski definition) is 0. The fourth-order valence-electron chi connectivity index (χ4n) is 5.12. The molecule has 2 saturated heterocycles. The Morgan fingerprint density at radius 1 is 1.31 bits per heavy atom. The maximum Gasteiger partial charge on any atom is 0.308 e. The Hall–Kier alpha value is -1.62. The standard InChI is InChI=1S/C21H30O5/c1-6-14(11-21(5)9-7-8-20(3,4)12-21)17-15-10-16(23)25-19(17)26-18(15)24-13(2)22/h6,11,15,17-19H,1,7-10,12H2,2-5H3/b14-11-. The summed E-state index contributed by atoms with van der Waals surface area (Å²) in [6.45, 7) is 12.3. The monoisotopic (exact) mass is 362 g/mol. The zero-order valence-corrected chi connectivity index (χ0v) is 16.2. The van der Waals surface area contributed by atoms with E-state index in [2.05, 4.69) is 33.4 Å². The summed E-state index contributed by atoms with van der Waals surface area (Å²) >= 11 is 0. The van der Waals surface area contributed by atoms with Crippen LogP contribution in [0.4, 0.5) is 0 Å². The van der Waals surface area contributed by atoms with E-state index in [1.54, 1.807) is 0 Å². The molecule has 26 heavy (non-hydrogen) atoms. The van der Waals surface area contributed by atoms with Crippen molar-refractivity contribution in [3.05, 3.63) is 24.3 Å². The smallest absolute Gasteiger partial charge is 0.308 e. The molecule has 0 aromatic rings. The minimum atomic E-state index is -0.743. The van der Waals surface area contributed by atoms with E-state index in [0.29, 0.717) is 5.41 Å². The van der Waals surface area contributed by atoms with Crippen molar-refractivity contribution >= 4 is 11.9 Å². The molecule has 2 heterocycles. The molecule has 2 bridgehead atoms. The lowest BCUT2D eigenvalue weighted by atomic mass is 9.63. The van der Waals surface area contributed by atoms with Gasteiger partial charge in [-0.25, -0.2) is 0 Å². The predicted molar refractivity (Wildman–Crippen MR) is 96.8 cm³/mol. The van der Waals surface area contributed by atoms with E-state index in [1.165, 1.54) is 19.8 Å². The predicted octanol–water partition coefficient (Wildman–Crippen LogP) is 4.13. The van der Waals surface area contributed by atoms with Gasteiger partial charge in [0.1, 0.15) is 0 Å². The van der Waals surface area contributed by atoms with Crippen LogP contribution in [-0.2, 0) is 23.8 Å². The summed E-state index contributed by atoms with van der Waals surface area (Å²) in [4.78, 5) is 23.3. The van der Waals surface area contributed by atoms with Crippen LogP contribution in [0.5, 0.6) is 0 Å². The summed E-state index contributed by atoms with van der Waals surface area (Å²) in [5, 5.41) is 0. The molecule has 5 nitrogen and oxygen atoms in total. The number of carbonyl (C=O) groups is 2. The van der Waals surface area contributed by atoms with Crippen molar-refractivity contribution in [2.75, 3.05) is 0 Å². The fourth-order valence-corrected chi connectivity index (χ4v) is 5.12. The first-order valence-electron chi connectivity index (χ1n) is 9.50. The molecule has 0 N–H and O–H groups in total. The summed E-state index contributed by atoms with van der Waals surface area (Å²) in [6, 6.07) is 0. The lowest BCUT2D eigenvalue weighted by Gasteiger charge is -2.42. The Kier molecular flexibility index (Phi) is 5.04. The van der Waals surface area contributed by atoms with Crippen molar-refractivity contribution in [2.45, 2.75) is 72.4 Å². The maximum atomic E-state index is 11.9. The Bertz CT molecular complexity index is 634. The highest BCUT2D eigenvalue weighted by Gasteiger charge is 2.54. The first kappa shape index (κ1) is 19.2. The van der Waals surface area contributed by atoms with Crippen LogP contribution in [0.15, 0.2) is 24.3 Å². The van der Waals surface area contributed by atoms with Crippen molar-refractivity contribution < 1.29 is 23.8 Å². The van der Waals surface area contributed by atoms with Crippen LogP contribution in [0.3, 0.4) is 0 Å². The first-order valence-corrected chi connectivity index (χ1v) is 9.50. The quantitative estimate of drug-likeness (QED) is 0.556. The lowest BCUT2D eigenvalue weighted by molar-refractivity contribution is -0.206. The summed E-state index contributed by atoms with van der Waals surface area (Å²) in [5.74, 6) is -1.09. The largest absolute Gasteiger partial charge is 0.435 e. The number of carbonyl (C=O) groups excluding carboxylic acids is 2. The lowest BCUT2D eigenvalue weighted by Crippen LogP contribution is -2.36. The second-order valence-electron chi connectivity index (χ2n) is 9.06. The minimum Gasteiger partial charge on any atom is -0.435 e. The van der Waals surface area contributed by atoms with Gasteiger partial charge in [0.25, 0.3) is 0 Å². The molecule has 0 amide bonds. The summed E-state index contributed by atoms with van der Waals surface area (Å²) in [6.07, 6.45) is 7.54. The molecule has 1 saturated carbocycles. The Morgan fingerprint density at radius 3 is 2.65 bits per heavy atom. The molecule has 5 unspecified atom stereocenters. The fraction of sp³-hybridized carbons (Fsp3) is 0.714. The van der Waals surface area contributed by atoms with E-state index in [0.717, 1.165) is 18.4 Å². The van der Waals surface area contributed by atoms with E-state index >= 15 is 0 Å². The molecule has 5 atom stereocenters. The van der Waals surface area contributed by atoms with E-state index in [9.17, 15) is 9.59 Å². The summed E-state index contributed by atoms with van der Waals surface area (Å²) in [5.41, 5.74) is 1.41. The van der Waals surface area contributed by atoms with Gasteiger partial charge in [0.05, 0.1) is 12.3 Å². The maximum absolute atomic E-state index is 11.9. The topological polar surface area (TPSA) is 61.8 Å². The van der Waals surface area contributed by atoms with Gasteiger partial charge < -0.3 is 14.2 Å². The molecule has 0 spiro atoms. The molecule has 3 aliphatic rings. The van der Waals surface area contributed by atoms with Crippen LogP contribution in [0.2, 0.25) is 0 Å². The van der Waals surface area contributed by atoms with Crippen LogP contribution >= 0.6 is 0 Å². The average molecular weight is 362 g/mol. The van der Waals surface area contributed by atoms with Crippen LogP contribution in [-0.4, -0.2) is 24.5 Å². The first-order chi connectivity index (χ1) is 12.1. The number of esters is 2. The SMILES string of the molecule is C=C/C(=C/C1(C)CCCC(C)(C)C1)C1C2OC(=O)CC1C(OC(C)=O)O2. The molecule has 3 rings (SSSR count). The van der Waals surface area contributed by atoms with Crippen LogP contribution < -0.4 is 0 Å². The third-order valence-electron chi connectivity index (χ3n) is 5.92. The second-order valence-corrected chi connectivity index (χ2v) is 9.06. The van der Waals surface area contributed by atoms with Gasteiger partial charge >= 0.3 is 11.9 Å². The number of ether oxygens (including phenoxy) is 3. The summed E-state index contributed by atoms with van der Waals surface area (Å²) in [7, 11) is 0. The van der Waals surface area contributed by atoms with Crippen molar-refractivity contribution in [3.8, 4) is 0 Å². The zero-order valence-electron chi connectivity index (χ0n) is 16.2. The van der Waals surface area contributed by atoms with Gasteiger partial charge in [0, 0.05) is 12.8 Å². The third kappa shape index (κ3) is 3.88. The highest BCUT2D eigenvalue weighted by Crippen LogP contribution is 2.50. The van der Waals surface area contributed by atoms with Crippen LogP contribution in [0, 0.1) is 22.7 Å². The molecule has 0 radical (unpaired) electrons. The third-order valence-corrected chi connectivity index (χ3v) is 5.92. The van der Waals surface area contributed by atoms with Gasteiger partial charge in [-0.2, -0.15) is 0 Å². The normalized spacial score (nSPS) is 39.2. The number of allylic oxidation sites excluding steroid dienone is 2. The molecule has 0 aromatic heterocycles. The van der Waals surface area contributed by atoms with Crippen molar-refractivity contribution in [1.29, 1.82) is 0 Å². The molecular weight excluding hydrogens is 332 g/mol. The van der Waals surface area contributed by atoms with Crippen molar-refractivity contribution in [1.82, 2.24) is 0 Å². The highest BCUT2D eigenvalue weighted by molar-refractivity contribution is 5.72. The highest BCUT2D eigenvalue weighted by atomic mass is 16.8. The molecule has 1 aliphatic carbocycles. The molecule has 144 valence electrons. The van der Waals surface area contributed by atoms with Gasteiger partial charge in [0.15, 0.2) is 0 Å².